The van der Waals surface area contributed by atoms with Gasteiger partial charge in [0.1, 0.15) is 0 Å². The second-order valence-corrected chi connectivity index (χ2v) is 6.13. The lowest BCUT2D eigenvalue weighted by Gasteiger charge is -2.09. The maximum absolute atomic E-state index is 12.1. The number of fused-ring (bicyclic) bond motifs is 5. The van der Waals surface area contributed by atoms with Crippen molar-refractivity contribution in [3.05, 3.63) is 18.2 Å². The van der Waals surface area contributed by atoms with Crippen LogP contribution in [0.25, 0.3) is 0 Å². The Labute approximate surface area is 107 Å². The van der Waals surface area contributed by atoms with Crippen LogP contribution in [0.4, 0.5) is 0 Å². The molecule has 4 nitrogen and oxygen atoms in total. The highest BCUT2D eigenvalue weighted by Crippen LogP contribution is 2.69. The zero-order valence-corrected chi connectivity index (χ0v) is 10.4. The molecule has 18 heavy (non-hydrogen) atoms. The van der Waals surface area contributed by atoms with Crippen LogP contribution in [-0.4, -0.2) is 22.4 Å². The number of imidazole rings is 1. The van der Waals surface area contributed by atoms with E-state index in [9.17, 15) is 4.79 Å². The van der Waals surface area contributed by atoms with Gasteiger partial charge >= 0.3 is 0 Å². The van der Waals surface area contributed by atoms with Gasteiger partial charge in [0.25, 0.3) is 0 Å². The van der Waals surface area contributed by atoms with Crippen LogP contribution < -0.4 is 5.32 Å². The van der Waals surface area contributed by atoms with Crippen molar-refractivity contribution in [2.24, 2.45) is 29.6 Å². The molecule has 4 unspecified atom stereocenters. The minimum absolute atomic E-state index is 0.307. The summed E-state index contributed by atoms with van der Waals surface area (Å²) in [5, 5.41) is 3.09. The summed E-state index contributed by atoms with van der Waals surface area (Å²) < 4.78 is 0. The molecule has 0 saturated heterocycles. The third-order valence-electron chi connectivity index (χ3n) is 5.29. The van der Waals surface area contributed by atoms with Crippen molar-refractivity contribution in [1.29, 1.82) is 0 Å². The largest absolute Gasteiger partial charge is 0.355 e. The van der Waals surface area contributed by atoms with E-state index < -0.39 is 0 Å². The molecule has 0 spiro atoms. The maximum atomic E-state index is 12.1. The zero-order chi connectivity index (χ0) is 12.1. The van der Waals surface area contributed by atoms with E-state index >= 15 is 0 Å². The average molecular weight is 245 g/mol. The minimum atomic E-state index is 0.307. The number of carbonyl (C=O) groups is 1. The highest BCUT2D eigenvalue weighted by molar-refractivity contribution is 5.82. The molecule has 0 aromatic carbocycles. The van der Waals surface area contributed by atoms with Gasteiger partial charge in [-0.05, 0) is 42.9 Å². The van der Waals surface area contributed by atoms with Gasteiger partial charge in [-0.1, -0.05) is 0 Å². The minimum Gasteiger partial charge on any atom is -0.355 e. The average Bonchev–Trinajstić information content (AvgIpc) is 2.80. The summed E-state index contributed by atoms with van der Waals surface area (Å²) in [7, 11) is 0. The van der Waals surface area contributed by atoms with Crippen LogP contribution in [-0.2, 0) is 11.2 Å². The van der Waals surface area contributed by atoms with Gasteiger partial charge in [0.15, 0.2) is 0 Å². The highest BCUT2D eigenvalue weighted by Gasteiger charge is 2.67. The molecule has 0 radical (unpaired) electrons. The van der Waals surface area contributed by atoms with Crippen LogP contribution >= 0.6 is 0 Å². The molecule has 3 aliphatic carbocycles. The number of amides is 1. The maximum Gasteiger partial charge on any atom is 0.223 e. The lowest BCUT2D eigenvalue weighted by Crippen LogP contribution is -2.29. The third kappa shape index (κ3) is 1.51. The van der Waals surface area contributed by atoms with Crippen molar-refractivity contribution in [3.8, 4) is 0 Å². The summed E-state index contributed by atoms with van der Waals surface area (Å²) in [4.78, 5) is 19.2. The smallest absolute Gasteiger partial charge is 0.223 e. The Balaban J connectivity index is 1.28. The van der Waals surface area contributed by atoms with E-state index in [-0.39, 0.29) is 0 Å². The van der Waals surface area contributed by atoms with Gasteiger partial charge in [-0.15, -0.1) is 0 Å². The van der Waals surface area contributed by atoms with E-state index in [2.05, 4.69) is 15.3 Å². The Kier molecular flexibility index (Phi) is 2.26. The number of aromatic nitrogens is 2. The number of nitrogens with zero attached hydrogens (tertiary/aromatic N) is 1. The molecule has 3 fully saturated rings. The van der Waals surface area contributed by atoms with Crippen molar-refractivity contribution in [3.63, 3.8) is 0 Å². The van der Waals surface area contributed by atoms with E-state index in [0.717, 1.165) is 42.3 Å². The molecule has 4 heteroatoms. The molecule has 2 N–H and O–H groups in total. The fraction of sp³-hybridized carbons (Fsp3) is 0.714. The van der Waals surface area contributed by atoms with Crippen LogP contribution in [0.2, 0.25) is 0 Å². The molecule has 1 aromatic rings. The van der Waals surface area contributed by atoms with Gasteiger partial charge in [0.05, 0.1) is 6.33 Å². The summed E-state index contributed by atoms with van der Waals surface area (Å²) in [6, 6.07) is 0. The van der Waals surface area contributed by atoms with E-state index in [0.29, 0.717) is 11.8 Å². The number of aromatic amines is 1. The topological polar surface area (TPSA) is 57.8 Å². The predicted molar refractivity (Wildman–Crippen MR) is 66.6 cm³/mol. The fourth-order valence-electron chi connectivity index (χ4n) is 4.54. The lowest BCUT2D eigenvalue weighted by atomic mass is 10.0. The number of rotatable bonds is 4. The second-order valence-electron chi connectivity index (χ2n) is 6.13. The highest BCUT2D eigenvalue weighted by atomic mass is 16.2. The first kappa shape index (κ1) is 10.6. The Hall–Kier alpha value is -1.32. The second kappa shape index (κ2) is 3.84. The number of H-pyrrole nitrogens is 1. The van der Waals surface area contributed by atoms with Gasteiger partial charge in [-0.25, -0.2) is 4.98 Å². The number of carbonyl (C=O) groups excluding carboxylic acids is 1. The lowest BCUT2D eigenvalue weighted by molar-refractivity contribution is -0.123. The Morgan fingerprint density at radius 3 is 2.83 bits per heavy atom. The molecule has 1 heterocycles. The normalized spacial score (nSPS) is 39.7. The van der Waals surface area contributed by atoms with E-state index in [1.54, 1.807) is 6.33 Å². The Morgan fingerprint density at radius 1 is 1.39 bits per heavy atom. The molecular weight excluding hydrogens is 226 g/mol. The van der Waals surface area contributed by atoms with Crippen LogP contribution in [0.3, 0.4) is 0 Å². The van der Waals surface area contributed by atoms with Crippen molar-refractivity contribution >= 4 is 5.91 Å². The first-order valence-corrected chi connectivity index (χ1v) is 7.09. The monoisotopic (exact) mass is 245 g/mol. The van der Waals surface area contributed by atoms with Gasteiger partial charge in [0.2, 0.25) is 5.91 Å². The van der Waals surface area contributed by atoms with E-state index in [1.165, 1.54) is 19.3 Å². The molecule has 0 aliphatic heterocycles. The summed E-state index contributed by atoms with van der Waals surface area (Å²) in [5.41, 5.74) is 1.09. The quantitative estimate of drug-likeness (QED) is 0.841. The van der Waals surface area contributed by atoms with Crippen LogP contribution in [0.15, 0.2) is 12.5 Å². The van der Waals surface area contributed by atoms with E-state index in [1.807, 2.05) is 6.20 Å². The summed E-state index contributed by atoms with van der Waals surface area (Å²) in [6.45, 7) is 0.728. The van der Waals surface area contributed by atoms with Gasteiger partial charge < -0.3 is 10.3 Å². The number of hydrogen-bond acceptors (Lipinski definition) is 2. The molecule has 4 atom stereocenters. The SMILES string of the molecule is O=C(NCCc1cnc[nH]1)C1C2C3CCC(C3)C12. The van der Waals surface area contributed by atoms with Crippen LogP contribution in [0, 0.1) is 29.6 Å². The fourth-order valence-corrected chi connectivity index (χ4v) is 4.54. The molecule has 1 aromatic heterocycles. The van der Waals surface area contributed by atoms with Crippen molar-refractivity contribution in [1.82, 2.24) is 15.3 Å². The Morgan fingerprint density at radius 2 is 2.17 bits per heavy atom. The van der Waals surface area contributed by atoms with Gasteiger partial charge in [0, 0.05) is 30.8 Å². The molecule has 96 valence electrons. The molecule has 1 amide bonds. The summed E-state index contributed by atoms with van der Waals surface area (Å²) >= 11 is 0. The Bertz CT molecular complexity index is 440. The van der Waals surface area contributed by atoms with E-state index in [4.69, 9.17) is 0 Å². The van der Waals surface area contributed by atoms with Crippen molar-refractivity contribution in [2.75, 3.05) is 6.54 Å². The molecule has 3 saturated carbocycles. The third-order valence-corrected chi connectivity index (χ3v) is 5.29. The van der Waals surface area contributed by atoms with Crippen LogP contribution in [0.5, 0.6) is 0 Å². The number of nitrogens with one attached hydrogen (secondary N) is 2. The van der Waals surface area contributed by atoms with Gasteiger partial charge in [-0.3, -0.25) is 4.79 Å². The first-order chi connectivity index (χ1) is 8.84. The standard InChI is InChI=1S/C14H19N3O/c18-14(16-4-3-10-6-15-7-17-10)13-11-8-1-2-9(5-8)12(11)13/h6-9,11-13H,1-5H2,(H,15,17)(H,16,18). The molecule has 3 aliphatic rings. The molecule has 2 bridgehead atoms. The summed E-state index contributed by atoms with van der Waals surface area (Å²) in [6.07, 6.45) is 8.51. The van der Waals surface area contributed by atoms with Crippen molar-refractivity contribution in [2.45, 2.75) is 25.7 Å². The van der Waals surface area contributed by atoms with Crippen LogP contribution in [0.1, 0.15) is 25.0 Å². The summed E-state index contributed by atoms with van der Waals surface area (Å²) in [5.74, 6) is 3.91. The molecular formula is C14H19N3O. The van der Waals surface area contributed by atoms with Gasteiger partial charge in [-0.2, -0.15) is 0 Å². The molecule has 4 rings (SSSR count). The number of hydrogen-bond donors (Lipinski definition) is 2. The zero-order valence-electron chi connectivity index (χ0n) is 10.4. The first-order valence-electron chi connectivity index (χ1n) is 7.09. The van der Waals surface area contributed by atoms with Crippen molar-refractivity contribution < 1.29 is 4.79 Å². The predicted octanol–water partition coefficient (Wildman–Crippen LogP) is 1.36.